The average Bonchev–Trinajstić information content (AvgIpc) is 2.69. The van der Waals surface area contributed by atoms with Crippen LogP contribution in [0.5, 0.6) is 5.75 Å². The van der Waals surface area contributed by atoms with Gasteiger partial charge in [0.1, 0.15) is 5.75 Å². The van der Waals surface area contributed by atoms with Gasteiger partial charge in [0.2, 0.25) is 0 Å². The van der Waals surface area contributed by atoms with Crippen LogP contribution in [0.1, 0.15) is 27.0 Å². The molecule has 0 aliphatic carbocycles. The Kier molecular flexibility index (Phi) is 6.12. The molecule has 0 heterocycles. The summed E-state index contributed by atoms with van der Waals surface area (Å²) < 4.78 is 5.61. The Morgan fingerprint density at radius 2 is 1.71 bits per heavy atom. The van der Waals surface area contributed by atoms with Crippen molar-refractivity contribution in [1.82, 2.24) is 0 Å². The van der Waals surface area contributed by atoms with Crippen molar-refractivity contribution in [1.29, 1.82) is 0 Å². The average molecular weight is 394 g/mol. The zero-order chi connectivity index (χ0) is 20.1. The third kappa shape index (κ3) is 4.78. The second kappa shape index (κ2) is 8.72. The summed E-state index contributed by atoms with van der Waals surface area (Å²) in [6, 6.07) is 19.4. The molecule has 1 N–H and O–H groups in total. The molecule has 3 aromatic rings. The summed E-state index contributed by atoms with van der Waals surface area (Å²) in [6.45, 7) is 3.76. The monoisotopic (exact) mass is 393 g/mol. The van der Waals surface area contributed by atoms with E-state index < -0.39 is 0 Å². The Labute approximate surface area is 169 Å². The molecule has 0 fully saturated rings. The molecule has 0 aliphatic rings. The van der Waals surface area contributed by atoms with Crippen LogP contribution in [-0.2, 0) is 4.79 Å². The largest absolute Gasteiger partial charge is 0.483 e. The van der Waals surface area contributed by atoms with Crippen LogP contribution in [0.4, 0.5) is 5.69 Å². The molecule has 0 bridgehead atoms. The SMILES string of the molecule is Cc1ccc(OCC(=O)Nc2ccc(Cl)cc2C(=O)c2ccccc2)c(C)c1. The predicted molar refractivity (Wildman–Crippen MR) is 111 cm³/mol. The molecule has 1 amide bonds. The zero-order valence-electron chi connectivity index (χ0n) is 15.7. The van der Waals surface area contributed by atoms with E-state index in [1.807, 2.05) is 38.1 Å². The van der Waals surface area contributed by atoms with Crippen molar-refractivity contribution in [3.05, 3.63) is 94.0 Å². The van der Waals surface area contributed by atoms with Crippen LogP contribution >= 0.6 is 11.6 Å². The van der Waals surface area contributed by atoms with E-state index in [-0.39, 0.29) is 18.3 Å². The molecule has 0 aromatic heterocycles. The minimum atomic E-state index is -0.357. The van der Waals surface area contributed by atoms with E-state index in [2.05, 4.69) is 5.32 Å². The summed E-state index contributed by atoms with van der Waals surface area (Å²) in [5.41, 5.74) is 3.33. The third-order valence-electron chi connectivity index (χ3n) is 4.23. The minimum absolute atomic E-state index is 0.161. The van der Waals surface area contributed by atoms with E-state index >= 15 is 0 Å². The second-order valence-corrected chi connectivity index (χ2v) is 6.93. The van der Waals surface area contributed by atoms with Crippen LogP contribution in [0.2, 0.25) is 5.02 Å². The van der Waals surface area contributed by atoms with Crippen LogP contribution in [0.25, 0.3) is 0 Å². The van der Waals surface area contributed by atoms with Gasteiger partial charge in [-0.15, -0.1) is 0 Å². The summed E-state index contributed by atoms with van der Waals surface area (Å²) >= 11 is 6.07. The van der Waals surface area contributed by atoms with Gasteiger partial charge in [0, 0.05) is 16.1 Å². The first-order valence-corrected chi connectivity index (χ1v) is 9.21. The van der Waals surface area contributed by atoms with Crippen LogP contribution in [0.3, 0.4) is 0 Å². The van der Waals surface area contributed by atoms with Gasteiger partial charge in [-0.1, -0.05) is 59.6 Å². The highest BCUT2D eigenvalue weighted by Crippen LogP contribution is 2.24. The number of hydrogen-bond donors (Lipinski definition) is 1. The number of ketones is 1. The quantitative estimate of drug-likeness (QED) is 0.585. The van der Waals surface area contributed by atoms with E-state index in [0.29, 0.717) is 27.6 Å². The molecule has 5 heteroatoms. The van der Waals surface area contributed by atoms with Crippen LogP contribution in [0, 0.1) is 13.8 Å². The molecule has 0 saturated heterocycles. The highest BCUT2D eigenvalue weighted by molar-refractivity contribution is 6.31. The van der Waals surface area contributed by atoms with Gasteiger partial charge >= 0.3 is 0 Å². The van der Waals surface area contributed by atoms with Crippen molar-refractivity contribution < 1.29 is 14.3 Å². The van der Waals surface area contributed by atoms with E-state index in [9.17, 15) is 9.59 Å². The molecule has 0 atom stereocenters. The van der Waals surface area contributed by atoms with Gasteiger partial charge in [0.15, 0.2) is 12.4 Å². The third-order valence-corrected chi connectivity index (χ3v) is 4.46. The maximum Gasteiger partial charge on any atom is 0.262 e. The number of benzene rings is 3. The van der Waals surface area contributed by atoms with Crippen molar-refractivity contribution in [2.24, 2.45) is 0 Å². The Balaban J connectivity index is 1.75. The fourth-order valence-electron chi connectivity index (χ4n) is 2.85. The van der Waals surface area contributed by atoms with Gasteiger partial charge in [0.25, 0.3) is 5.91 Å². The van der Waals surface area contributed by atoms with Crippen molar-refractivity contribution in [2.45, 2.75) is 13.8 Å². The van der Waals surface area contributed by atoms with E-state index in [1.54, 1.807) is 42.5 Å². The van der Waals surface area contributed by atoms with Crippen LogP contribution < -0.4 is 10.1 Å². The van der Waals surface area contributed by atoms with Gasteiger partial charge in [0.05, 0.1) is 5.69 Å². The summed E-state index contributed by atoms with van der Waals surface area (Å²) in [4.78, 5) is 25.2. The topological polar surface area (TPSA) is 55.4 Å². The Morgan fingerprint density at radius 1 is 0.964 bits per heavy atom. The standard InChI is InChI=1S/C23H20ClNO3/c1-15-8-11-21(16(2)12-15)28-14-22(26)25-20-10-9-18(24)13-19(20)23(27)17-6-4-3-5-7-17/h3-13H,14H2,1-2H3,(H,25,26). The number of anilines is 1. The lowest BCUT2D eigenvalue weighted by Crippen LogP contribution is -2.22. The summed E-state index contributed by atoms with van der Waals surface area (Å²) in [7, 11) is 0. The summed E-state index contributed by atoms with van der Waals surface area (Å²) in [5.74, 6) is 0.0792. The zero-order valence-corrected chi connectivity index (χ0v) is 16.4. The summed E-state index contributed by atoms with van der Waals surface area (Å²) in [6.07, 6.45) is 0. The normalized spacial score (nSPS) is 10.4. The Hall–Kier alpha value is -3.11. The molecule has 28 heavy (non-hydrogen) atoms. The first kappa shape index (κ1) is 19.6. The molecule has 0 unspecified atom stereocenters. The lowest BCUT2D eigenvalue weighted by molar-refractivity contribution is -0.118. The maximum atomic E-state index is 12.8. The van der Waals surface area contributed by atoms with Crippen molar-refractivity contribution in [2.75, 3.05) is 11.9 Å². The number of nitrogens with one attached hydrogen (secondary N) is 1. The van der Waals surface area contributed by atoms with E-state index in [1.165, 1.54) is 0 Å². The van der Waals surface area contributed by atoms with E-state index in [0.717, 1.165) is 11.1 Å². The molecule has 0 aliphatic heterocycles. The second-order valence-electron chi connectivity index (χ2n) is 6.49. The van der Waals surface area contributed by atoms with Gasteiger partial charge in [-0.2, -0.15) is 0 Å². The number of aryl methyl sites for hydroxylation is 2. The molecule has 3 aromatic carbocycles. The predicted octanol–water partition coefficient (Wildman–Crippen LogP) is 5.21. The van der Waals surface area contributed by atoms with Crippen molar-refractivity contribution in [3.8, 4) is 5.75 Å². The lowest BCUT2D eigenvalue weighted by atomic mass is 10.0. The fourth-order valence-corrected chi connectivity index (χ4v) is 3.02. The molecule has 3 rings (SSSR count). The van der Waals surface area contributed by atoms with Gasteiger partial charge in [-0.3, -0.25) is 9.59 Å². The van der Waals surface area contributed by atoms with Gasteiger partial charge in [-0.05, 0) is 43.7 Å². The lowest BCUT2D eigenvalue weighted by Gasteiger charge is -2.13. The van der Waals surface area contributed by atoms with Crippen molar-refractivity contribution >= 4 is 29.0 Å². The number of carbonyl (C=O) groups excluding carboxylic acids is 2. The smallest absolute Gasteiger partial charge is 0.262 e. The van der Waals surface area contributed by atoms with Gasteiger partial charge < -0.3 is 10.1 Å². The van der Waals surface area contributed by atoms with Crippen LogP contribution in [-0.4, -0.2) is 18.3 Å². The summed E-state index contributed by atoms with van der Waals surface area (Å²) in [5, 5.41) is 3.17. The molecule has 0 spiro atoms. The molecule has 0 saturated carbocycles. The number of halogens is 1. The molecule has 4 nitrogen and oxygen atoms in total. The molecular formula is C23H20ClNO3. The number of carbonyl (C=O) groups is 2. The minimum Gasteiger partial charge on any atom is -0.483 e. The highest BCUT2D eigenvalue weighted by atomic mass is 35.5. The maximum absolute atomic E-state index is 12.8. The van der Waals surface area contributed by atoms with Crippen molar-refractivity contribution in [3.63, 3.8) is 0 Å². The number of amides is 1. The fraction of sp³-hybridized carbons (Fsp3) is 0.130. The number of rotatable bonds is 6. The molecular weight excluding hydrogens is 374 g/mol. The Bertz CT molecular complexity index is 1020. The van der Waals surface area contributed by atoms with Crippen LogP contribution in [0.15, 0.2) is 66.7 Å². The first-order valence-electron chi connectivity index (χ1n) is 8.83. The number of hydrogen-bond acceptors (Lipinski definition) is 3. The Morgan fingerprint density at radius 3 is 2.43 bits per heavy atom. The number of ether oxygens (including phenoxy) is 1. The molecule has 0 radical (unpaired) electrons. The highest BCUT2D eigenvalue weighted by Gasteiger charge is 2.16. The molecule has 142 valence electrons. The van der Waals surface area contributed by atoms with E-state index in [4.69, 9.17) is 16.3 Å². The van der Waals surface area contributed by atoms with Gasteiger partial charge in [-0.25, -0.2) is 0 Å². The first-order chi connectivity index (χ1) is 13.4.